The first-order valence-electron chi connectivity index (χ1n) is 11.1. The van der Waals surface area contributed by atoms with Gasteiger partial charge in [0.1, 0.15) is 23.3 Å². The summed E-state index contributed by atoms with van der Waals surface area (Å²) in [6.07, 6.45) is 5.74. The minimum atomic E-state index is -0.335. The van der Waals surface area contributed by atoms with Crippen molar-refractivity contribution < 1.29 is 14.6 Å². The maximum atomic E-state index is 13.1. The molecule has 1 amide bonds. The summed E-state index contributed by atoms with van der Waals surface area (Å²) in [5.74, 6) is 1.29. The molecule has 31 heavy (non-hydrogen) atoms. The second-order valence-corrected chi connectivity index (χ2v) is 8.96. The van der Waals surface area contributed by atoms with E-state index in [0.29, 0.717) is 23.4 Å². The van der Waals surface area contributed by atoms with Crippen LogP contribution in [-0.4, -0.2) is 44.7 Å². The number of benzene rings is 1. The average molecular weight is 421 g/mol. The quantitative estimate of drug-likeness (QED) is 0.565. The Labute approximate surface area is 181 Å². The van der Waals surface area contributed by atoms with Gasteiger partial charge in [-0.15, -0.1) is 0 Å². The third kappa shape index (κ3) is 4.02. The minimum Gasteiger partial charge on any atom is -0.493 e. The minimum absolute atomic E-state index is 0.00708. The molecule has 2 aromatic heterocycles. The molecule has 0 bridgehead atoms. The van der Waals surface area contributed by atoms with E-state index in [-0.39, 0.29) is 18.1 Å². The zero-order chi connectivity index (χ0) is 21.5. The molecule has 3 aromatic rings. The number of aliphatic hydroxyl groups is 1. The maximum absolute atomic E-state index is 13.1. The van der Waals surface area contributed by atoms with Gasteiger partial charge in [0.2, 0.25) is 0 Å². The Morgan fingerprint density at radius 2 is 2.06 bits per heavy atom. The molecule has 2 aliphatic rings. The summed E-state index contributed by atoms with van der Waals surface area (Å²) in [5, 5.41) is 12.8. The third-order valence-corrected chi connectivity index (χ3v) is 6.30. The molecule has 2 aliphatic carbocycles. The molecule has 3 N–H and O–H groups in total. The highest BCUT2D eigenvalue weighted by Gasteiger charge is 2.28. The summed E-state index contributed by atoms with van der Waals surface area (Å²) < 4.78 is 6.13. The Morgan fingerprint density at radius 1 is 1.23 bits per heavy atom. The van der Waals surface area contributed by atoms with E-state index in [1.807, 2.05) is 26.0 Å². The molecule has 0 aliphatic heterocycles. The maximum Gasteiger partial charge on any atom is 0.255 e. The lowest BCUT2D eigenvalue weighted by atomic mass is 10.1. The predicted molar refractivity (Wildman–Crippen MR) is 118 cm³/mol. The zero-order valence-corrected chi connectivity index (χ0v) is 17.9. The summed E-state index contributed by atoms with van der Waals surface area (Å²) in [7, 11) is 0. The van der Waals surface area contributed by atoms with Crippen molar-refractivity contribution in [1.82, 2.24) is 20.3 Å². The van der Waals surface area contributed by atoms with Crippen LogP contribution in [0.1, 0.15) is 53.7 Å². The molecule has 2 fully saturated rings. The number of hydrogen-bond acceptors (Lipinski definition) is 5. The number of rotatable bonds is 6. The highest BCUT2D eigenvalue weighted by molar-refractivity contribution is 6.09. The largest absolute Gasteiger partial charge is 0.493 e. The first-order chi connectivity index (χ1) is 15.0. The lowest BCUT2D eigenvalue weighted by molar-refractivity contribution is 0.0935. The van der Waals surface area contributed by atoms with Gasteiger partial charge >= 0.3 is 0 Å². The van der Waals surface area contributed by atoms with Crippen molar-refractivity contribution in [1.29, 1.82) is 0 Å². The first kappa shape index (κ1) is 20.0. The summed E-state index contributed by atoms with van der Waals surface area (Å²) in [6, 6.07) is 6.10. The van der Waals surface area contributed by atoms with Gasteiger partial charge in [-0.05, 0) is 64.0 Å². The Hall–Kier alpha value is -2.93. The fourth-order valence-electron chi connectivity index (χ4n) is 4.40. The van der Waals surface area contributed by atoms with Crippen molar-refractivity contribution in [2.45, 2.75) is 58.1 Å². The van der Waals surface area contributed by atoms with Gasteiger partial charge in [-0.25, -0.2) is 9.97 Å². The van der Waals surface area contributed by atoms with Crippen LogP contribution in [0.15, 0.2) is 24.5 Å². The van der Waals surface area contributed by atoms with Crippen LogP contribution < -0.4 is 10.1 Å². The molecule has 0 spiro atoms. The van der Waals surface area contributed by atoms with Crippen LogP contribution in [0.2, 0.25) is 0 Å². The molecule has 0 radical (unpaired) electrons. The van der Waals surface area contributed by atoms with E-state index >= 15 is 0 Å². The lowest BCUT2D eigenvalue weighted by Crippen LogP contribution is -2.33. The Morgan fingerprint density at radius 3 is 2.81 bits per heavy atom. The zero-order valence-electron chi connectivity index (χ0n) is 17.9. The molecule has 2 saturated carbocycles. The number of carbonyl (C=O) groups is 1. The average Bonchev–Trinajstić information content (AvgIpc) is 3.38. The number of nitrogens with zero attached hydrogens (tertiary/aromatic N) is 2. The number of ether oxygens (including phenoxy) is 1. The highest BCUT2D eigenvalue weighted by atomic mass is 16.5. The van der Waals surface area contributed by atoms with Gasteiger partial charge < -0.3 is 20.1 Å². The Bertz CT molecular complexity index is 1140. The van der Waals surface area contributed by atoms with Crippen LogP contribution in [0.25, 0.3) is 22.3 Å². The van der Waals surface area contributed by atoms with Gasteiger partial charge in [0.25, 0.3) is 5.91 Å². The second-order valence-electron chi connectivity index (χ2n) is 8.96. The molecule has 0 saturated heterocycles. The van der Waals surface area contributed by atoms with E-state index in [1.165, 1.54) is 19.2 Å². The van der Waals surface area contributed by atoms with Crippen molar-refractivity contribution in [2.75, 3.05) is 6.61 Å². The van der Waals surface area contributed by atoms with Crippen molar-refractivity contribution in [2.24, 2.45) is 5.92 Å². The molecule has 7 heteroatoms. The topological polar surface area (TPSA) is 100 Å². The standard InChI is InChI=1S/C24H28N4O3/c1-13-3-8-19(31-11-15-4-5-15)18(9-13)21-23-22(26-12-25-21)20(14(2)27-23)24(30)28-16-6-7-17(29)10-16/h3,8-9,12,15-17,27,29H,4-7,10-11H2,1-2H3,(H,28,30)/t16-,17+/m0/s1. The van der Waals surface area contributed by atoms with Gasteiger partial charge in [0, 0.05) is 17.3 Å². The number of amides is 1. The summed E-state index contributed by atoms with van der Waals surface area (Å²) in [4.78, 5) is 25.4. The molecule has 7 nitrogen and oxygen atoms in total. The smallest absolute Gasteiger partial charge is 0.255 e. The van der Waals surface area contributed by atoms with Crippen molar-refractivity contribution in [3.05, 3.63) is 41.3 Å². The second kappa shape index (κ2) is 7.96. The van der Waals surface area contributed by atoms with E-state index in [0.717, 1.165) is 53.2 Å². The molecule has 162 valence electrons. The molecule has 2 atom stereocenters. The number of aryl methyl sites for hydroxylation is 2. The number of aliphatic hydroxyl groups excluding tert-OH is 1. The normalized spacial score (nSPS) is 20.9. The van der Waals surface area contributed by atoms with Crippen LogP contribution in [0, 0.1) is 19.8 Å². The number of aromatic nitrogens is 3. The van der Waals surface area contributed by atoms with E-state index < -0.39 is 0 Å². The third-order valence-electron chi connectivity index (χ3n) is 6.30. The molecule has 2 heterocycles. The van der Waals surface area contributed by atoms with Gasteiger partial charge in [-0.2, -0.15) is 0 Å². The van der Waals surface area contributed by atoms with Gasteiger partial charge in [0.15, 0.2) is 0 Å². The van der Waals surface area contributed by atoms with E-state index in [2.05, 4.69) is 26.3 Å². The number of H-pyrrole nitrogens is 1. The van der Waals surface area contributed by atoms with Gasteiger partial charge in [-0.1, -0.05) is 11.6 Å². The molecule has 5 rings (SSSR count). The number of fused-ring (bicyclic) bond motifs is 1. The van der Waals surface area contributed by atoms with Crippen LogP contribution >= 0.6 is 0 Å². The van der Waals surface area contributed by atoms with Gasteiger partial charge in [-0.3, -0.25) is 4.79 Å². The van der Waals surface area contributed by atoms with Crippen LogP contribution in [-0.2, 0) is 0 Å². The molecular weight excluding hydrogens is 392 g/mol. The highest BCUT2D eigenvalue weighted by Crippen LogP contribution is 2.37. The van der Waals surface area contributed by atoms with Crippen molar-refractivity contribution in [3.8, 4) is 17.0 Å². The Kier molecular flexibility index (Phi) is 5.14. The summed E-state index contributed by atoms with van der Waals surface area (Å²) >= 11 is 0. The van der Waals surface area contributed by atoms with Crippen LogP contribution in [0.5, 0.6) is 5.75 Å². The van der Waals surface area contributed by atoms with Crippen LogP contribution in [0.4, 0.5) is 0 Å². The number of hydrogen-bond donors (Lipinski definition) is 3. The van der Waals surface area contributed by atoms with Crippen molar-refractivity contribution >= 4 is 16.9 Å². The monoisotopic (exact) mass is 420 g/mol. The number of aromatic amines is 1. The van der Waals surface area contributed by atoms with E-state index in [1.54, 1.807) is 0 Å². The Balaban J connectivity index is 1.52. The lowest BCUT2D eigenvalue weighted by Gasteiger charge is -2.13. The fraction of sp³-hybridized carbons (Fsp3) is 0.458. The fourth-order valence-corrected chi connectivity index (χ4v) is 4.40. The molecule has 0 unspecified atom stereocenters. The first-order valence-corrected chi connectivity index (χ1v) is 11.1. The van der Waals surface area contributed by atoms with Crippen molar-refractivity contribution in [3.63, 3.8) is 0 Å². The number of nitrogens with one attached hydrogen (secondary N) is 2. The van der Waals surface area contributed by atoms with Crippen LogP contribution in [0.3, 0.4) is 0 Å². The number of carbonyl (C=O) groups excluding carboxylic acids is 1. The van der Waals surface area contributed by atoms with E-state index in [9.17, 15) is 9.90 Å². The molecular formula is C24H28N4O3. The van der Waals surface area contributed by atoms with E-state index in [4.69, 9.17) is 4.74 Å². The summed E-state index contributed by atoms with van der Waals surface area (Å²) in [5.41, 5.74) is 5.38. The van der Waals surface area contributed by atoms with Gasteiger partial charge in [0.05, 0.1) is 23.8 Å². The molecule has 1 aromatic carbocycles. The predicted octanol–water partition coefficient (Wildman–Crippen LogP) is 3.67. The summed E-state index contributed by atoms with van der Waals surface area (Å²) in [6.45, 7) is 4.64. The SMILES string of the molecule is Cc1ccc(OCC2CC2)c(-c2ncnc3c(C(=O)N[C@H]4CC[C@@H](O)C4)c(C)[nH]c23)c1.